The van der Waals surface area contributed by atoms with Gasteiger partial charge in [0, 0.05) is 45.5 Å². The highest BCUT2D eigenvalue weighted by Crippen LogP contribution is 2.09. The lowest BCUT2D eigenvalue weighted by molar-refractivity contribution is -0.0538. The van der Waals surface area contributed by atoms with Crippen LogP contribution in [0.5, 0.6) is 0 Å². The zero-order valence-electron chi connectivity index (χ0n) is 13.9. The molecular weight excluding hydrogens is 296 g/mol. The number of morpholine rings is 2. The van der Waals surface area contributed by atoms with Gasteiger partial charge in [-0.05, 0) is 12.5 Å². The van der Waals surface area contributed by atoms with E-state index >= 15 is 0 Å². The maximum Gasteiger partial charge on any atom is 0.0898 e. The van der Waals surface area contributed by atoms with Crippen molar-refractivity contribution >= 4 is 0 Å². The SMILES string of the molecule is Cc1cnn(CC2CN(CC(O)CN3CCOCC3)CCO2)c1. The summed E-state index contributed by atoms with van der Waals surface area (Å²) in [5.74, 6) is 0. The first-order valence-electron chi connectivity index (χ1n) is 8.50. The molecule has 2 fully saturated rings. The molecule has 2 saturated heterocycles. The minimum atomic E-state index is -0.321. The Morgan fingerprint density at radius 2 is 1.96 bits per heavy atom. The maximum absolute atomic E-state index is 10.4. The third kappa shape index (κ3) is 5.26. The number of aromatic nitrogens is 2. The second-order valence-electron chi connectivity index (χ2n) is 6.56. The van der Waals surface area contributed by atoms with E-state index in [-0.39, 0.29) is 12.2 Å². The highest BCUT2D eigenvalue weighted by Gasteiger charge is 2.24. The molecule has 0 radical (unpaired) electrons. The Kier molecular flexibility index (Phi) is 6.02. The van der Waals surface area contributed by atoms with Gasteiger partial charge < -0.3 is 14.6 Å². The van der Waals surface area contributed by atoms with E-state index in [9.17, 15) is 5.11 Å². The molecule has 0 bridgehead atoms. The van der Waals surface area contributed by atoms with Crippen molar-refractivity contribution in [1.29, 1.82) is 0 Å². The lowest BCUT2D eigenvalue weighted by Crippen LogP contribution is -2.49. The predicted octanol–water partition coefficient (Wildman–Crippen LogP) is -0.415. The zero-order valence-corrected chi connectivity index (χ0v) is 13.9. The monoisotopic (exact) mass is 324 g/mol. The van der Waals surface area contributed by atoms with Crippen molar-refractivity contribution in [2.75, 3.05) is 59.1 Å². The fourth-order valence-electron chi connectivity index (χ4n) is 3.27. The Balaban J connectivity index is 1.42. The normalized spacial score (nSPS) is 25.6. The third-order valence-corrected chi connectivity index (χ3v) is 4.42. The Labute approximate surface area is 137 Å². The molecule has 2 aliphatic heterocycles. The molecule has 1 N–H and O–H groups in total. The van der Waals surface area contributed by atoms with Crippen LogP contribution in [0.1, 0.15) is 5.56 Å². The van der Waals surface area contributed by atoms with Crippen LogP contribution in [-0.4, -0.2) is 96.0 Å². The molecule has 2 aliphatic rings. The summed E-state index contributed by atoms with van der Waals surface area (Å²) < 4.78 is 13.1. The highest BCUT2D eigenvalue weighted by atomic mass is 16.5. The Morgan fingerprint density at radius 3 is 2.70 bits per heavy atom. The van der Waals surface area contributed by atoms with E-state index in [2.05, 4.69) is 14.9 Å². The molecule has 7 heteroatoms. The number of aliphatic hydroxyl groups is 1. The molecule has 0 aliphatic carbocycles. The molecular formula is C16H28N4O3. The number of β-amino-alcohol motifs (C(OH)–C–C–N with tert-alkyl or cyclic N) is 1. The number of hydrogen-bond acceptors (Lipinski definition) is 6. The van der Waals surface area contributed by atoms with E-state index in [0.29, 0.717) is 6.54 Å². The van der Waals surface area contributed by atoms with E-state index in [1.54, 1.807) is 0 Å². The van der Waals surface area contributed by atoms with Crippen LogP contribution in [0.25, 0.3) is 0 Å². The van der Waals surface area contributed by atoms with Gasteiger partial charge >= 0.3 is 0 Å². The molecule has 0 spiro atoms. The average Bonchev–Trinajstić information content (AvgIpc) is 2.93. The van der Waals surface area contributed by atoms with Crippen molar-refractivity contribution < 1.29 is 14.6 Å². The average molecular weight is 324 g/mol. The number of aryl methyl sites for hydroxylation is 1. The molecule has 2 unspecified atom stereocenters. The fourth-order valence-corrected chi connectivity index (χ4v) is 3.27. The summed E-state index contributed by atoms with van der Waals surface area (Å²) >= 11 is 0. The lowest BCUT2D eigenvalue weighted by atomic mass is 10.2. The van der Waals surface area contributed by atoms with Crippen LogP contribution in [0.3, 0.4) is 0 Å². The van der Waals surface area contributed by atoms with E-state index in [0.717, 1.165) is 59.1 Å². The number of aliphatic hydroxyl groups excluding tert-OH is 1. The van der Waals surface area contributed by atoms with Crippen LogP contribution in [0.4, 0.5) is 0 Å². The maximum atomic E-state index is 10.4. The van der Waals surface area contributed by atoms with Gasteiger partial charge in [0.15, 0.2) is 0 Å². The first kappa shape index (κ1) is 16.9. The molecule has 1 aromatic heterocycles. The summed E-state index contributed by atoms with van der Waals surface area (Å²) in [6, 6.07) is 0. The summed E-state index contributed by atoms with van der Waals surface area (Å²) in [7, 11) is 0. The minimum Gasteiger partial charge on any atom is -0.390 e. The van der Waals surface area contributed by atoms with Gasteiger partial charge in [-0.25, -0.2) is 0 Å². The van der Waals surface area contributed by atoms with Gasteiger partial charge in [-0.2, -0.15) is 5.10 Å². The van der Waals surface area contributed by atoms with Gasteiger partial charge in [0.25, 0.3) is 0 Å². The first-order chi connectivity index (χ1) is 11.2. The quantitative estimate of drug-likeness (QED) is 0.767. The topological polar surface area (TPSA) is 63.0 Å². The molecule has 0 aromatic carbocycles. The molecule has 3 heterocycles. The van der Waals surface area contributed by atoms with E-state index in [1.807, 2.05) is 24.0 Å². The molecule has 1 aromatic rings. The predicted molar refractivity (Wildman–Crippen MR) is 86.4 cm³/mol. The largest absolute Gasteiger partial charge is 0.390 e. The molecule has 2 atom stereocenters. The summed E-state index contributed by atoms with van der Waals surface area (Å²) in [5.41, 5.74) is 1.17. The van der Waals surface area contributed by atoms with Gasteiger partial charge in [-0.3, -0.25) is 14.5 Å². The van der Waals surface area contributed by atoms with Crippen LogP contribution in [0, 0.1) is 6.92 Å². The van der Waals surface area contributed by atoms with Crippen LogP contribution in [-0.2, 0) is 16.0 Å². The van der Waals surface area contributed by atoms with Gasteiger partial charge in [0.05, 0.1) is 44.8 Å². The number of hydrogen-bond donors (Lipinski definition) is 1. The summed E-state index contributed by atoms with van der Waals surface area (Å²) in [4.78, 5) is 4.58. The van der Waals surface area contributed by atoms with Gasteiger partial charge in [-0.15, -0.1) is 0 Å². The Bertz CT molecular complexity index is 476. The smallest absolute Gasteiger partial charge is 0.0898 e. The number of ether oxygens (including phenoxy) is 2. The second-order valence-corrected chi connectivity index (χ2v) is 6.56. The van der Waals surface area contributed by atoms with Crippen LogP contribution in [0.15, 0.2) is 12.4 Å². The molecule has 0 saturated carbocycles. The molecule has 3 rings (SSSR count). The van der Waals surface area contributed by atoms with E-state index in [1.165, 1.54) is 5.56 Å². The molecule has 7 nitrogen and oxygen atoms in total. The van der Waals surface area contributed by atoms with Crippen LogP contribution < -0.4 is 0 Å². The summed E-state index contributed by atoms with van der Waals surface area (Å²) in [6.07, 6.45) is 3.72. The second kappa shape index (κ2) is 8.21. The van der Waals surface area contributed by atoms with Crippen molar-refractivity contribution in [3.05, 3.63) is 18.0 Å². The van der Waals surface area contributed by atoms with Gasteiger partial charge in [-0.1, -0.05) is 0 Å². The molecule has 0 amide bonds. The summed E-state index contributed by atoms with van der Waals surface area (Å²) in [5, 5.41) is 14.7. The Morgan fingerprint density at radius 1 is 1.22 bits per heavy atom. The van der Waals surface area contributed by atoms with E-state index < -0.39 is 0 Å². The van der Waals surface area contributed by atoms with Crippen molar-refractivity contribution in [1.82, 2.24) is 19.6 Å². The highest BCUT2D eigenvalue weighted by molar-refractivity contribution is 4.99. The molecule has 130 valence electrons. The van der Waals surface area contributed by atoms with Crippen molar-refractivity contribution in [3.8, 4) is 0 Å². The standard InChI is InChI=1S/C16H28N4O3/c1-14-8-17-20(9-14)13-16-12-19(4-7-23-16)11-15(21)10-18-2-5-22-6-3-18/h8-9,15-16,21H,2-7,10-13H2,1H3. The summed E-state index contributed by atoms with van der Waals surface area (Å²) in [6.45, 7) is 10.1. The third-order valence-electron chi connectivity index (χ3n) is 4.42. The zero-order chi connectivity index (χ0) is 16.1. The fraction of sp³-hybridized carbons (Fsp3) is 0.812. The van der Waals surface area contributed by atoms with Crippen molar-refractivity contribution in [2.45, 2.75) is 25.7 Å². The van der Waals surface area contributed by atoms with Crippen molar-refractivity contribution in [2.24, 2.45) is 0 Å². The minimum absolute atomic E-state index is 0.138. The molecule has 23 heavy (non-hydrogen) atoms. The lowest BCUT2D eigenvalue weighted by Gasteiger charge is -2.35. The number of rotatable bonds is 6. The van der Waals surface area contributed by atoms with Crippen LogP contribution >= 0.6 is 0 Å². The van der Waals surface area contributed by atoms with Gasteiger partial charge in [0.2, 0.25) is 0 Å². The van der Waals surface area contributed by atoms with Crippen molar-refractivity contribution in [3.63, 3.8) is 0 Å². The van der Waals surface area contributed by atoms with Crippen LogP contribution in [0.2, 0.25) is 0 Å². The number of nitrogens with zero attached hydrogens (tertiary/aromatic N) is 4. The first-order valence-corrected chi connectivity index (χ1v) is 8.50. The Hall–Kier alpha value is -0.990. The van der Waals surface area contributed by atoms with Gasteiger partial charge in [0.1, 0.15) is 0 Å². The van der Waals surface area contributed by atoms with E-state index in [4.69, 9.17) is 9.47 Å².